The lowest BCUT2D eigenvalue weighted by atomic mass is 10.1. The van der Waals surface area contributed by atoms with Crippen LogP contribution in [0.15, 0.2) is 24.4 Å². The largest absolute Gasteiger partial charge is 0.480 e. The van der Waals surface area contributed by atoms with Crippen molar-refractivity contribution < 1.29 is 18.3 Å². The highest BCUT2D eigenvalue weighted by molar-refractivity contribution is 5.99. The number of fused-ring (bicyclic) bond motifs is 2. The van der Waals surface area contributed by atoms with Gasteiger partial charge < -0.3 is 24.5 Å². The number of aryl methyl sites for hydroxylation is 1. The number of anilines is 1. The number of methoxy groups -OCH3 is 1. The molecule has 9 nitrogen and oxygen atoms in total. The zero-order valence-corrected chi connectivity index (χ0v) is 19.8. The molecule has 0 aliphatic carbocycles. The van der Waals surface area contributed by atoms with Crippen molar-refractivity contribution in [2.45, 2.75) is 45.7 Å². The molecule has 3 aromatic heterocycles. The maximum Gasteiger partial charge on any atom is 0.256 e. The number of H-pyrrole nitrogens is 1. The molecule has 1 amide bonds. The van der Waals surface area contributed by atoms with Crippen LogP contribution in [0.2, 0.25) is 0 Å². The quantitative estimate of drug-likeness (QED) is 0.430. The molecule has 1 saturated heterocycles. The number of amides is 1. The van der Waals surface area contributed by atoms with Gasteiger partial charge in [0.25, 0.3) is 6.43 Å². The minimum absolute atomic E-state index is 0.0901. The molecule has 0 unspecified atom stereocenters. The number of imidazole rings is 1. The third kappa shape index (κ3) is 4.38. The summed E-state index contributed by atoms with van der Waals surface area (Å²) in [4.78, 5) is 30.3. The molecule has 1 aliphatic rings. The summed E-state index contributed by atoms with van der Waals surface area (Å²) in [6.45, 7) is 4.30. The number of hydrogen-bond acceptors (Lipinski definition) is 6. The lowest BCUT2D eigenvalue weighted by Crippen LogP contribution is -2.41. The second-order valence-corrected chi connectivity index (χ2v) is 8.77. The molecule has 1 fully saturated rings. The van der Waals surface area contributed by atoms with Crippen LogP contribution in [0.5, 0.6) is 5.88 Å². The minimum atomic E-state index is -2.48. The Bertz CT molecular complexity index is 1390. The van der Waals surface area contributed by atoms with Crippen LogP contribution in [0.25, 0.3) is 33.2 Å². The number of halogens is 2. The van der Waals surface area contributed by atoms with Gasteiger partial charge in [0.1, 0.15) is 11.5 Å². The molecule has 11 heteroatoms. The number of alkyl halides is 2. The summed E-state index contributed by atoms with van der Waals surface area (Å²) >= 11 is 0. The lowest BCUT2D eigenvalue weighted by Gasteiger charge is -2.31. The van der Waals surface area contributed by atoms with Crippen molar-refractivity contribution >= 4 is 33.9 Å². The summed E-state index contributed by atoms with van der Waals surface area (Å²) in [5.41, 5.74) is 3.54. The maximum absolute atomic E-state index is 13.1. The molecule has 4 heterocycles. The third-order valence-electron chi connectivity index (χ3n) is 6.54. The topological polar surface area (TPSA) is 101 Å². The summed E-state index contributed by atoms with van der Waals surface area (Å²) in [6.07, 6.45) is 0.964. The summed E-state index contributed by atoms with van der Waals surface area (Å²) in [5, 5.41) is 4.07. The van der Waals surface area contributed by atoms with Crippen LogP contribution < -0.4 is 10.1 Å². The van der Waals surface area contributed by atoms with Crippen LogP contribution in [0, 0.1) is 6.92 Å². The van der Waals surface area contributed by atoms with E-state index in [4.69, 9.17) is 4.74 Å². The first-order valence-corrected chi connectivity index (χ1v) is 11.5. The predicted octanol–water partition coefficient (Wildman–Crippen LogP) is 3.98. The van der Waals surface area contributed by atoms with E-state index in [9.17, 15) is 13.6 Å². The van der Waals surface area contributed by atoms with Gasteiger partial charge in [0.05, 0.1) is 30.1 Å². The fraction of sp³-hybridized carbons (Fsp3) is 0.417. The van der Waals surface area contributed by atoms with Crippen LogP contribution in [-0.4, -0.2) is 68.0 Å². The number of carbonyl (C=O) groups excluding carboxylic acids is 1. The smallest absolute Gasteiger partial charge is 0.256 e. The molecule has 2 N–H and O–H groups in total. The molecule has 5 rings (SSSR count). The molecular weight excluding hydrogens is 456 g/mol. The number of ether oxygens (including phenoxy) is 1. The van der Waals surface area contributed by atoms with Crippen LogP contribution in [0.1, 0.15) is 25.6 Å². The number of nitrogens with zero attached hydrogens (tertiary/aromatic N) is 5. The number of aromatic amines is 1. The maximum atomic E-state index is 13.1. The fourth-order valence-corrected chi connectivity index (χ4v) is 4.74. The van der Waals surface area contributed by atoms with Gasteiger partial charge in [-0.3, -0.25) is 4.79 Å². The van der Waals surface area contributed by atoms with E-state index in [1.807, 2.05) is 29.3 Å². The van der Waals surface area contributed by atoms with E-state index in [2.05, 4.69) is 25.3 Å². The molecule has 0 radical (unpaired) electrons. The number of hydrogen-bond donors (Lipinski definition) is 2. The molecular formula is C24H27F2N7O2. The molecule has 0 saturated carbocycles. The fourth-order valence-electron chi connectivity index (χ4n) is 4.74. The van der Waals surface area contributed by atoms with Crippen molar-refractivity contribution in [2.24, 2.45) is 0 Å². The van der Waals surface area contributed by atoms with E-state index in [1.165, 1.54) is 4.57 Å². The second-order valence-electron chi connectivity index (χ2n) is 8.77. The molecule has 4 aromatic rings. The number of rotatable bonds is 6. The Labute approximate surface area is 200 Å². The molecule has 1 aromatic carbocycles. The average Bonchev–Trinajstić information content (AvgIpc) is 3.39. The summed E-state index contributed by atoms with van der Waals surface area (Å²) in [6, 6.07) is 5.74. The van der Waals surface area contributed by atoms with Crippen molar-refractivity contribution in [2.75, 3.05) is 25.5 Å². The van der Waals surface area contributed by atoms with Crippen molar-refractivity contribution in [1.29, 1.82) is 0 Å². The Morgan fingerprint density at radius 3 is 2.71 bits per heavy atom. The summed E-state index contributed by atoms with van der Waals surface area (Å²) < 4.78 is 33.4. The number of carbonyl (C=O) groups is 1. The normalized spacial score (nSPS) is 14.9. The minimum Gasteiger partial charge on any atom is -0.480 e. The Morgan fingerprint density at radius 1 is 1.26 bits per heavy atom. The number of aromatic nitrogens is 5. The number of nitrogens with one attached hydrogen (secondary N) is 2. The number of benzene rings is 1. The predicted molar refractivity (Wildman–Crippen MR) is 129 cm³/mol. The van der Waals surface area contributed by atoms with Gasteiger partial charge in [0, 0.05) is 37.8 Å². The van der Waals surface area contributed by atoms with Crippen molar-refractivity contribution in [3.63, 3.8) is 0 Å². The third-order valence-corrected chi connectivity index (χ3v) is 6.54. The van der Waals surface area contributed by atoms with Crippen molar-refractivity contribution in [3.8, 4) is 17.0 Å². The van der Waals surface area contributed by atoms with Crippen molar-refractivity contribution in [3.05, 3.63) is 30.2 Å². The van der Waals surface area contributed by atoms with Gasteiger partial charge in [0.2, 0.25) is 17.7 Å². The van der Waals surface area contributed by atoms with Gasteiger partial charge in [-0.05, 0) is 37.5 Å². The highest BCUT2D eigenvalue weighted by Crippen LogP contribution is 2.36. The van der Waals surface area contributed by atoms with Crippen LogP contribution >= 0.6 is 0 Å². The zero-order valence-electron chi connectivity index (χ0n) is 19.8. The molecule has 0 bridgehead atoms. The van der Waals surface area contributed by atoms with Gasteiger partial charge in [0.15, 0.2) is 0 Å². The van der Waals surface area contributed by atoms with Crippen LogP contribution in [0.3, 0.4) is 0 Å². The van der Waals surface area contributed by atoms with Gasteiger partial charge in [-0.25, -0.2) is 13.8 Å². The van der Waals surface area contributed by atoms with Gasteiger partial charge in [-0.15, -0.1) is 0 Å². The number of piperidine rings is 1. The average molecular weight is 484 g/mol. The van der Waals surface area contributed by atoms with E-state index in [0.29, 0.717) is 52.8 Å². The van der Waals surface area contributed by atoms with Crippen LogP contribution in [0.4, 0.5) is 14.7 Å². The molecule has 0 atom stereocenters. The first kappa shape index (κ1) is 23.0. The Hall–Kier alpha value is -3.76. The van der Waals surface area contributed by atoms with Crippen LogP contribution in [-0.2, 0) is 11.3 Å². The standard InChI is InChI=1S/C24H27F2N7O2/c1-13-28-18-5-4-15(10-19(18)33(13)12-20(25)26)17-11-27-22-21(17)23(35-3)31-24(30-22)29-16-6-8-32(9-7-16)14(2)34/h4-5,10-11,16,20H,6-9,12H2,1-3H3,(H2,27,29,30,31). The molecule has 35 heavy (non-hydrogen) atoms. The number of likely N-dealkylation sites (tertiary alicyclic amines) is 1. The van der Waals surface area contributed by atoms with E-state index < -0.39 is 13.0 Å². The monoisotopic (exact) mass is 483 g/mol. The van der Waals surface area contributed by atoms with Gasteiger partial charge in [-0.1, -0.05) is 6.07 Å². The molecule has 1 aliphatic heterocycles. The first-order valence-electron chi connectivity index (χ1n) is 11.5. The molecule has 184 valence electrons. The van der Waals surface area contributed by atoms with E-state index in [0.717, 1.165) is 24.0 Å². The highest BCUT2D eigenvalue weighted by Gasteiger charge is 2.23. The first-order chi connectivity index (χ1) is 16.8. The Balaban J connectivity index is 1.47. The summed E-state index contributed by atoms with van der Waals surface area (Å²) in [7, 11) is 1.55. The lowest BCUT2D eigenvalue weighted by molar-refractivity contribution is -0.129. The van der Waals surface area contributed by atoms with Gasteiger partial charge in [-0.2, -0.15) is 9.97 Å². The van der Waals surface area contributed by atoms with E-state index in [1.54, 1.807) is 21.0 Å². The second kappa shape index (κ2) is 9.12. The molecule has 0 spiro atoms. The zero-order chi connectivity index (χ0) is 24.7. The van der Waals surface area contributed by atoms with Crippen molar-refractivity contribution in [1.82, 2.24) is 29.4 Å². The van der Waals surface area contributed by atoms with Gasteiger partial charge >= 0.3 is 0 Å². The SMILES string of the molecule is COc1nc(NC2CCN(C(C)=O)CC2)nc2[nH]cc(-c3ccc4nc(C)n(CC(F)F)c4c3)c12. The van der Waals surface area contributed by atoms with E-state index >= 15 is 0 Å². The van der Waals surface area contributed by atoms with E-state index in [-0.39, 0.29) is 11.9 Å². The Morgan fingerprint density at radius 2 is 2.03 bits per heavy atom. The summed E-state index contributed by atoms with van der Waals surface area (Å²) in [5.74, 6) is 1.49. The highest BCUT2D eigenvalue weighted by atomic mass is 19.3. The Kier molecular flexibility index (Phi) is 6.00.